The molecule has 26 heavy (non-hydrogen) atoms. The van der Waals surface area contributed by atoms with Crippen LogP contribution in [0.1, 0.15) is 11.5 Å². The van der Waals surface area contributed by atoms with Crippen LogP contribution >= 0.6 is 0 Å². The molecule has 8 nitrogen and oxygen atoms in total. The van der Waals surface area contributed by atoms with Crippen LogP contribution in [0.4, 0.5) is 5.69 Å². The molecule has 0 aliphatic heterocycles. The molecule has 0 aromatic heterocycles. The molecule has 4 N–H and O–H groups in total. The van der Waals surface area contributed by atoms with Crippen LogP contribution in [0.3, 0.4) is 0 Å². The Morgan fingerprint density at radius 2 is 1.62 bits per heavy atom. The number of anilines is 1. The molecule has 0 fully saturated rings. The van der Waals surface area contributed by atoms with Crippen molar-refractivity contribution in [2.24, 2.45) is 0 Å². The van der Waals surface area contributed by atoms with Gasteiger partial charge in [-0.15, -0.1) is 0 Å². The summed E-state index contributed by atoms with van der Waals surface area (Å²) >= 11 is 0. The molecular formula is C18H21N3O5. The number of methoxy groups -OCH3 is 3. The van der Waals surface area contributed by atoms with Gasteiger partial charge in [0.05, 0.1) is 21.3 Å². The lowest BCUT2D eigenvalue weighted by Gasteiger charge is -2.20. The van der Waals surface area contributed by atoms with Gasteiger partial charge in [0, 0.05) is 12.1 Å². The molecule has 0 aliphatic carbocycles. The number of amides is 1. The van der Waals surface area contributed by atoms with Crippen LogP contribution in [0.25, 0.3) is 0 Å². The molecule has 8 heteroatoms. The van der Waals surface area contributed by atoms with Gasteiger partial charge in [0.1, 0.15) is 34.7 Å². The second kappa shape index (κ2) is 8.72. The summed E-state index contributed by atoms with van der Waals surface area (Å²) in [7, 11) is 4.41. The number of hydroxylamine groups is 1. The third-order valence-corrected chi connectivity index (χ3v) is 3.77. The molecule has 0 heterocycles. The molecule has 138 valence electrons. The molecule has 2 aromatic rings. The molecular weight excluding hydrogens is 338 g/mol. The number of carbonyl (C=O) groups is 1. The molecule has 1 amide bonds. The van der Waals surface area contributed by atoms with E-state index in [1.54, 1.807) is 47.9 Å². The Morgan fingerprint density at radius 3 is 2.08 bits per heavy atom. The average Bonchev–Trinajstić information content (AvgIpc) is 2.68. The van der Waals surface area contributed by atoms with Gasteiger partial charge in [-0.05, 0) is 5.56 Å². The number of carbonyl (C=O) groups excluding carboxylic acids is 1. The van der Waals surface area contributed by atoms with Crippen molar-refractivity contribution >= 4 is 17.4 Å². The van der Waals surface area contributed by atoms with E-state index in [0.717, 1.165) is 0 Å². The molecule has 0 saturated carbocycles. The Bertz CT molecular complexity index is 755. The first-order valence-electron chi connectivity index (χ1n) is 7.70. The fourth-order valence-corrected chi connectivity index (χ4v) is 2.48. The maximum Gasteiger partial charge on any atom is 0.239 e. The molecule has 1 atom stereocenters. The molecule has 0 bridgehead atoms. The van der Waals surface area contributed by atoms with Gasteiger partial charge in [0.15, 0.2) is 0 Å². The highest BCUT2D eigenvalue weighted by atomic mass is 16.5. The summed E-state index contributed by atoms with van der Waals surface area (Å²) in [6.45, 7) is 0. The standard InChI is InChI=1S/C18H21N3O5/c1-24-12-9-13(25-2)16(14(10-12)26-3)20-18(22)15(17(19)21-23)11-7-5-4-6-8-11/h4-10,15,23H,1-3H3,(H2,19,21)(H,20,22). The number of hydrogen-bond acceptors (Lipinski definition) is 6. The highest BCUT2D eigenvalue weighted by molar-refractivity contribution is 6.12. The largest absolute Gasteiger partial charge is 0.496 e. The number of rotatable bonds is 7. The van der Waals surface area contributed by atoms with E-state index in [4.69, 9.17) is 24.8 Å². The van der Waals surface area contributed by atoms with E-state index >= 15 is 0 Å². The summed E-state index contributed by atoms with van der Waals surface area (Å²) < 4.78 is 15.8. The van der Waals surface area contributed by atoms with Crippen LogP contribution in [0.2, 0.25) is 0 Å². The second-order valence-electron chi connectivity index (χ2n) is 5.27. The van der Waals surface area contributed by atoms with E-state index in [0.29, 0.717) is 28.5 Å². The zero-order chi connectivity index (χ0) is 19.1. The van der Waals surface area contributed by atoms with Crippen molar-refractivity contribution in [1.82, 2.24) is 5.48 Å². The Hall–Kier alpha value is -3.26. The van der Waals surface area contributed by atoms with E-state index in [1.807, 2.05) is 0 Å². The summed E-state index contributed by atoms with van der Waals surface area (Å²) in [5, 5.41) is 19.7. The fourth-order valence-electron chi connectivity index (χ4n) is 2.48. The predicted molar refractivity (Wildman–Crippen MR) is 96.6 cm³/mol. The van der Waals surface area contributed by atoms with Crippen molar-refractivity contribution in [3.63, 3.8) is 0 Å². The van der Waals surface area contributed by atoms with Gasteiger partial charge >= 0.3 is 0 Å². The van der Waals surface area contributed by atoms with Gasteiger partial charge in [-0.3, -0.25) is 20.9 Å². The lowest BCUT2D eigenvalue weighted by Crippen LogP contribution is -2.34. The first-order valence-corrected chi connectivity index (χ1v) is 7.70. The van der Waals surface area contributed by atoms with E-state index in [1.165, 1.54) is 21.3 Å². The quantitative estimate of drug-likeness (QED) is 0.343. The van der Waals surface area contributed by atoms with Crippen LogP contribution in [0.15, 0.2) is 42.5 Å². The van der Waals surface area contributed by atoms with Gasteiger partial charge in [0.2, 0.25) is 5.91 Å². The minimum atomic E-state index is -1.04. The summed E-state index contributed by atoms with van der Waals surface area (Å²) in [4.78, 5) is 12.9. The Labute approximate surface area is 151 Å². The van der Waals surface area contributed by atoms with Crippen LogP contribution in [-0.2, 0) is 4.79 Å². The summed E-state index contributed by atoms with van der Waals surface area (Å²) in [5.41, 5.74) is 2.59. The number of hydrogen-bond donors (Lipinski definition) is 4. The molecule has 0 saturated heterocycles. The van der Waals surface area contributed by atoms with Gasteiger partial charge in [-0.25, -0.2) is 0 Å². The predicted octanol–water partition coefficient (Wildman–Crippen LogP) is 2.39. The van der Waals surface area contributed by atoms with E-state index in [9.17, 15) is 4.79 Å². The number of ether oxygens (including phenoxy) is 3. The topological polar surface area (TPSA) is 113 Å². The lowest BCUT2D eigenvalue weighted by atomic mass is 9.97. The zero-order valence-corrected chi connectivity index (χ0v) is 14.7. The highest BCUT2D eigenvalue weighted by Gasteiger charge is 2.27. The van der Waals surface area contributed by atoms with Gasteiger partial charge in [-0.2, -0.15) is 0 Å². The SMILES string of the molecule is COc1cc(OC)c(NC(=O)C(C(=N)NO)c2ccccc2)c(OC)c1. The molecule has 0 aliphatic rings. The van der Waals surface area contributed by atoms with Crippen LogP contribution in [0, 0.1) is 5.41 Å². The molecule has 0 radical (unpaired) electrons. The van der Waals surface area contributed by atoms with Gasteiger partial charge < -0.3 is 19.5 Å². The molecule has 2 rings (SSSR count). The van der Waals surface area contributed by atoms with Crippen molar-refractivity contribution in [1.29, 1.82) is 5.41 Å². The smallest absolute Gasteiger partial charge is 0.239 e. The van der Waals surface area contributed by atoms with Crippen molar-refractivity contribution in [2.45, 2.75) is 5.92 Å². The number of nitrogens with one attached hydrogen (secondary N) is 3. The average molecular weight is 359 g/mol. The maximum absolute atomic E-state index is 12.9. The van der Waals surface area contributed by atoms with Crippen molar-refractivity contribution < 1.29 is 24.2 Å². The van der Waals surface area contributed by atoms with Crippen molar-refractivity contribution in [2.75, 3.05) is 26.6 Å². The van der Waals surface area contributed by atoms with Crippen LogP contribution in [-0.4, -0.2) is 38.3 Å². The van der Waals surface area contributed by atoms with Crippen LogP contribution < -0.4 is 25.0 Å². The number of benzene rings is 2. The van der Waals surface area contributed by atoms with Gasteiger partial charge in [-0.1, -0.05) is 30.3 Å². The van der Waals surface area contributed by atoms with E-state index in [-0.39, 0.29) is 5.84 Å². The maximum atomic E-state index is 12.9. The summed E-state index contributed by atoms with van der Waals surface area (Å²) in [6.07, 6.45) is 0. The summed E-state index contributed by atoms with van der Waals surface area (Å²) in [5.74, 6) is -0.766. The Kier molecular flexibility index (Phi) is 6.40. The Balaban J connectivity index is 2.42. The monoisotopic (exact) mass is 359 g/mol. The highest BCUT2D eigenvalue weighted by Crippen LogP contribution is 2.39. The molecule has 1 unspecified atom stereocenters. The molecule has 0 spiro atoms. The minimum Gasteiger partial charge on any atom is -0.496 e. The van der Waals surface area contributed by atoms with Gasteiger partial charge in [0.25, 0.3) is 0 Å². The third-order valence-electron chi connectivity index (χ3n) is 3.77. The number of amidine groups is 1. The lowest BCUT2D eigenvalue weighted by molar-refractivity contribution is -0.116. The van der Waals surface area contributed by atoms with Crippen molar-refractivity contribution in [3.05, 3.63) is 48.0 Å². The third kappa shape index (κ3) is 4.04. The second-order valence-corrected chi connectivity index (χ2v) is 5.27. The fraction of sp³-hybridized carbons (Fsp3) is 0.222. The van der Waals surface area contributed by atoms with E-state index in [2.05, 4.69) is 5.32 Å². The summed E-state index contributed by atoms with van der Waals surface area (Å²) in [6, 6.07) is 11.9. The zero-order valence-electron chi connectivity index (χ0n) is 14.7. The van der Waals surface area contributed by atoms with E-state index < -0.39 is 11.8 Å². The first-order chi connectivity index (χ1) is 12.5. The molecule has 2 aromatic carbocycles. The normalized spacial score (nSPS) is 11.2. The minimum absolute atomic E-state index is 0.299. The first kappa shape index (κ1) is 19.1. The van der Waals surface area contributed by atoms with Crippen molar-refractivity contribution in [3.8, 4) is 17.2 Å². The van der Waals surface area contributed by atoms with Crippen LogP contribution in [0.5, 0.6) is 17.2 Å². The Morgan fingerprint density at radius 1 is 1.04 bits per heavy atom.